The van der Waals surface area contributed by atoms with Gasteiger partial charge in [0.05, 0.1) is 17.3 Å². The number of anilines is 1. The standard InChI is InChI=1S/C22H26N6O/c29-22(17-7-3-1-4-8-17)27-13-11-26(12-14-27)20-19-15-25-28(21(19)24-16-23-20)18-9-5-2-6-10-18/h2,5-6,9-10,15-17H,1,3-4,7-8,11-14H2. The van der Waals surface area contributed by atoms with Gasteiger partial charge in [0.25, 0.3) is 0 Å². The molecule has 7 heteroatoms. The molecular weight excluding hydrogens is 364 g/mol. The summed E-state index contributed by atoms with van der Waals surface area (Å²) in [5.74, 6) is 1.50. The van der Waals surface area contributed by atoms with Crippen molar-refractivity contribution in [3.8, 4) is 5.69 Å². The van der Waals surface area contributed by atoms with E-state index < -0.39 is 0 Å². The Bertz CT molecular complexity index is 987. The van der Waals surface area contributed by atoms with E-state index in [4.69, 9.17) is 0 Å². The molecule has 3 aromatic rings. The monoisotopic (exact) mass is 390 g/mol. The van der Waals surface area contributed by atoms with Gasteiger partial charge >= 0.3 is 0 Å². The van der Waals surface area contributed by atoms with Gasteiger partial charge in [0, 0.05) is 32.1 Å². The molecule has 1 saturated carbocycles. The van der Waals surface area contributed by atoms with Gasteiger partial charge in [0.2, 0.25) is 5.91 Å². The maximum Gasteiger partial charge on any atom is 0.225 e. The van der Waals surface area contributed by atoms with Gasteiger partial charge in [-0.15, -0.1) is 0 Å². The van der Waals surface area contributed by atoms with E-state index in [1.165, 1.54) is 19.3 Å². The van der Waals surface area contributed by atoms with E-state index in [1.807, 2.05) is 41.2 Å². The van der Waals surface area contributed by atoms with Crippen molar-refractivity contribution in [1.82, 2.24) is 24.6 Å². The molecule has 2 aliphatic rings. The quantitative estimate of drug-likeness (QED) is 0.688. The minimum atomic E-state index is 0.241. The summed E-state index contributed by atoms with van der Waals surface area (Å²) in [6.45, 7) is 3.10. The number of hydrogen-bond acceptors (Lipinski definition) is 5. The number of piperazine rings is 1. The highest BCUT2D eigenvalue weighted by Gasteiger charge is 2.29. The number of nitrogens with zero attached hydrogens (tertiary/aromatic N) is 6. The zero-order valence-electron chi connectivity index (χ0n) is 16.6. The van der Waals surface area contributed by atoms with E-state index in [-0.39, 0.29) is 5.92 Å². The number of carbonyl (C=O) groups excluding carboxylic acids is 1. The lowest BCUT2D eigenvalue weighted by molar-refractivity contribution is -0.136. The molecule has 29 heavy (non-hydrogen) atoms. The summed E-state index contributed by atoms with van der Waals surface area (Å²) < 4.78 is 1.85. The summed E-state index contributed by atoms with van der Waals surface area (Å²) in [4.78, 5) is 26.2. The van der Waals surface area contributed by atoms with Crippen LogP contribution in [0.2, 0.25) is 0 Å². The molecule has 0 atom stereocenters. The fourth-order valence-corrected chi connectivity index (χ4v) is 4.59. The number of benzene rings is 1. The van der Waals surface area contributed by atoms with Gasteiger partial charge in [-0.3, -0.25) is 4.79 Å². The topological polar surface area (TPSA) is 67.2 Å². The number of carbonyl (C=O) groups is 1. The van der Waals surface area contributed by atoms with Crippen LogP contribution in [0.3, 0.4) is 0 Å². The molecule has 1 aliphatic carbocycles. The minimum absolute atomic E-state index is 0.241. The number of hydrogen-bond donors (Lipinski definition) is 0. The maximum absolute atomic E-state index is 12.8. The van der Waals surface area contributed by atoms with E-state index in [2.05, 4.69) is 24.9 Å². The van der Waals surface area contributed by atoms with E-state index in [9.17, 15) is 4.79 Å². The van der Waals surface area contributed by atoms with Gasteiger partial charge in [0.15, 0.2) is 5.65 Å². The van der Waals surface area contributed by atoms with Crippen molar-refractivity contribution in [3.05, 3.63) is 42.9 Å². The molecule has 1 aliphatic heterocycles. The summed E-state index contributed by atoms with van der Waals surface area (Å²) >= 11 is 0. The number of fused-ring (bicyclic) bond motifs is 1. The highest BCUT2D eigenvalue weighted by Crippen LogP contribution is 2.28. The van der Waals surface area contributed by atoms with Gasteiger partial charge in [-0.25, -0.2) is 14.6 Å². The van der Waals surface area contributed by atoms with E-state index in [0.29, 0.717) is 5.91 Å². The van der Waals surface area contributed by atoms with Crippen molar-refractivity contribution in [3.63, 3.8) is 0 Å². The number of amides is 1. The molecule has 150 valence electrons. The maximum atomic E-state index is 12.8. The average Bonchev–Trinajstić information content (AvgIpc) is 3.24. The lowest BCUT2D eigenvalue weighted by Gasteiger charge is -2.37. The van der Waals surface area contributed by atoms with Crippen LogP contribution in [0.1, 0.15) is 32.1 Å². The van der Waals surface area contributed by atoms with Crippen LogP contribution in [-0.4, -0.2) is 56.7 Å². The van der Waals surface area contributed by atoms with Gasteiger partial charge in [0.1, 0.15) is 12.1 Å². The predicted octanol–water partition coefficient (Wildman–Crippen LogP) is 3.04. The van der Waals surface area contributed by atoms with Crippen LogP contribution in [0.5, 0.6) is 0 Å². The van der Waals surface area contributed by atoms with E-state index in [1.54, 1.807) is 6.33 Å². The first kappa shape index (κ1) is 18.1. The third-order valence-corrected chi connectivity index (χ3v) is 6.19. The Labute approximate surface area is 170 Å². The Kier molecular flexibility index (Phi) is 4.87. The van der Waals surface area contributed by atoms with Crippen LogP contribution in [0.25, 0.3) is 16.7 Å². The van der Waals surface area contributed by atoms with Gasteiger partial charge < -0.3 is 9.80 Å². The lowest BCUT2D eigenvalue weighted by atomic mass is 9.88. The van der Waals surface area contributed by atoms with E-state index >= 15 is 0 Å². The normalized spacial score (nSPS) is 18.3. The second kappa shape index (κ2) is 7.81. The zero-order chi connectivity index (χ0) is 19.6. The molecule has 5 rings (SSSR count). The molecule has 0 spiro atoms. The van der Waals surface area contributed by atoms with Crippen LogP contribution in [0, 0.1) is 5.92 Å². The third-order valence-electron chi connectivity index (χ3n) is 6.19. The van der Waals surface area contributed by atoms with Gasteiger partial charge in [-0.1, -0.05) is 37.5 Å². The summed E-state index contributed by atoms with van der Waals surface area (Å²) in [5.41, 5.74) is 1.79. The number of aromatic nitrogens is 4. The molecule has 2 fully saturated rings. The second-order valence-electron chi connectivity index (χ2n) is 7.97. The molecule has 1 saturated heterocycles. The van der Waals surface area contributed by atoms with E-state index in [0.717, 1.165) is 61.6 Å². The fraction of sp³-hybridized carbons (Fsp3) is 0.455. The average molecular weight is 390 g/mol. The molecule has 0 radical (unpaired) electrons. The Hall–Kier alpha value is -2.96. The SMILES string of the molecule is O=C(C1CCCCC1)N1CCN(c2ncnc3c2cnn3-c2ccccc2)CC1. The molecule has 1 amide bonds. The summed E-state index contributed by atoms with van der Waals surface area (Å²) in [7, 11) is 0. The summed E-state index contributed by atoms with van der Waals surface area (Å²) in [6.07, 6.45) is 9.24. The highest BCUT2D eigenvalue weighted by atomic mass is 16.2. The summed E-state index contributed by atoms with van der Waals surface area (Å²) in [6, 6.07) is 10.0. The molecule has 3 heterocycles. The van der Waals surface area contributed by atoms with Crippen molar-refractivity contribution in [2.24, 2.45) is 5.92 Å². The molecule has 7 nitrogen and oxygen atoms in total. The highest BCUT2D eigenvalue weighted by molar-refractivity contribution is 5.88. The first-order valence-electron chi connectivity index (χ1n) is 10.6. The Morgan fingerprint density at radius 2 is 1.69 bits per heavy atom. The Morgan fingerprint density at radius 1 is 0.931 bits per heavy atom. The second-order valence-corrected chi connectivity index (χ2v) is 7.97. The first-order valence-corrected chi connectivity index (χ1v) is 10.6. The largest absolute Gasteiger partial charge is 0.352 e. The van der Waals surface area contributed by atoms with Crippen LogP contribution >= 0.6 is 0 Å². The molecule has 0 bridgehead atoms. The van der Waals surface area contributed by atoms with Crippen molar-refractivity contribution in [1.29, 1.82) is 0 Å². The Balaban J connectivity index is 1.33. The summed E-state index contributed by atoms with van der Waals surface area (Å²) in [5, 5.41) is 5.50. The predicted molar refractivity (Wildman–Crippen MR) is 112 cm³/mol. The van der Waals surface area contributed by atoms with Crippen LogP contribution in [-0.2, 0) is 4.79 Å². The van der Waals surface area contributed by atoms with Gasteiger partial charge in [-0.2, -0.15) is 5.10 Å². The Morgan fingerprint density at radius 3 is 2.45 bits per heavy atom. The van der Waals surface area contributed by atoms with Crippen molar-refractivity contribution in [2.75, 3.05) is 31.1 Å². The molecule has 0 N–H and O–H groups in total. The lowest BCUT2D eigenvalue weighted by Crippen LogP contribution is -2.50. The first-order chi connectivity index (χ1) is 14.3. The molecular formula is C22H26N6O. The van der Waals surface area contributed by atoms with Crippen molar-refractivity contribution in [2.45, 2.75) is 32.1 Å². The zero-order valence-corrected chi connectivity index (χ0v) is 16.6. The van der Waals surface area contributed by atoms with Crippen LogP contribution in [0.15, 0.2) is 42.9 Å². The smallest absolute Gasteiger partial charge is 0.225 e. The van der Waals surface area contributed by atoms with Crippen LogP contribution in [0.4, 0.5) is 5.82 Å². The third kappa shape index (κ3) is 3.45. The molecule has 0 unspecified atom stereocenters. The van der Waals surface area contributed by atoms with Crippen LogP contribution < -0.4 is 4.90 Å². The minimum Gasteiger partial charge on any atom is -0.352 e. The number of rotatable bonds is 3. The molecule has 2 aromatic heterocycles. The van der Waals surface area contributed by atoms with Gasteiger partial charge in [-0.05, 0) is 25.0 Å². The number of para-hydroxylation sites is 1. The fourth-order valence-electron chi connectivity index (χ4n) is 4.59. The van der Waals surface area contributed by atoms with Crippen molar-refractivity contribution < 1.29 is 4.79 Å². The van der Waals surface area contributed by atoms with Crippen molar-refractivity contribution >= 4 is 22.8 Å². The molecule has 1 aromatic carbocycles.